The summed E-state index contributed by atoms with van der Waals surface area (Å²) in [5, 5.41) is 20.0. The zero-order valence-electron chi connectivity index (χ0n) is 13.1. The quantitative estimate of drug-likeness (QED) is 0.817. The lowest BCUT2D eigenvalue weighted by molar-refractivity contribution is -0.584. The maximum absolute atomic E-state index is 10.3. The maximum atomic E-state index is 10.3. The lowest BCUT2D eigenvalue weighted by atomic mass is 9.81. The second-order valence-electron chi connectivity index (χ2n) is 6.34. The number of nitriles is 2. The molecule has 0 unspecified atom stereocenters. The van der Waals surface area contributed by atoms with Gasteiger partial charge in [-0.25, -0.2) is 4.99 Å². The first-order valence-electron chi connectivity index (χ1n) is 7.79. The van der Waals surface area contributed by atoms with E-state index in [9.17, 15) is 10.5 Å². The topological polar surface area (TPSA) is 96.8 Å². The van der Waals surface area contributed by atoms with Crippen LogP contribution in [0.2, 0.25) is 5.02 Å². The Labute approximate surface area is 149 Å². The van der Waals surface area contributed by atoms with E-state index in [2.05, 4.69) is 17.1 Å². The van der Waals surface area contributed by atoms with Crippen LogP contribution in [0.4, 0.5) is 0 Å². The highest BCUT2D eigenvalue weighted by atomic mass is 35.5. The summed E-state index contributed by atoms with van der Waals surface area (Å²) in [4.78, 5) is 3.15. The number of thioether (sulfide) groups is 1. The minimum absolute atomic E-state index is 0.331. The lowest BCUT2D eigenvalue weighted by Gasteiger charge is -2.29. The molecule has 2 aliphatic heterocycles. The van der Waals surface area contributed by atoms with Crippen LogP contribution in [0.25, 0.3) is 0 Å². The number of hydrogen-bond donors (Lipinski definition) is 2. The normalized spacial score (nSPS) is 42.2. The van der Waals surface area contributed by atoms with Crippen LogP contribution in [0.3, 0.4) is 0 Å². The molecule has 4 atom stereocenters. The molecule has 3 aliphatic rings. The van der Waals surface area contributed by atoms with Crippen molar-refractivity contribution in [1.82, 2.24) is 0 Å². The van der Waals surface area contributed by atoms with Crippen molar-refractivity contribution >= 4 is 29.2 Å². The Balaban J connectivity index is 2.03. The molecule has 1 spiro atoms. The fourth-order valence-corrected chi connectivity index (χ4v) is 6.57. The number of nitrogens with zero attached hydrogens (tertiary/aromatic N) is 2. The third-order valence-corrected chi connectivity index (χ3v) is 7.43. The number of ether oxygens (including phenoxy) is 1. The van der Waals surface area contributed by atoms with E-state index >= 15 is 0 Å². The molecular formula is C17H16ClN4OS+. The fourth-order valence-electron chi connectivity index (χ4n) is 5.05. The summed E-state index contributed by atoms with van der Waals surface area (Å²) in [5.74, 6) is 1.09. The van der Waals surface area contributed by atoms with E-state index in [1.54, 1.807) is 12.1 Å². The van der Waals surface area contributed by atoms with Crippen LogP contribution in [0.15, 0.2) is 24.3 Å². The van der Waals surface area contributed by atoms with Gasteiger partial charge in [0.2, 0.25) is 0 Å². The minimum Gasteiger partial charge on any atom is -0.327 e. The van der Waals surface area contributed by atoms with Gasteiger partial charge in [-0.05, 0) is 24.1 Å². The molecule has 1 aromatic rings. The van der Waals surface area contributed by atoms with Crippen LogP contribution in [-0.4, -0.2) is 23.3 Å². The van der Waals surface area contributed by atoms with Gasteiger partial charge in [-0.15, -0.1) is 0 Å². The molecule has 5 nitrogen and oxygen atoms in total. The number of halogens is 1. The van der Waals surface area contributed by atoms with Gasteiger partial charge in [0.15, 0.2) is 10.8 Å². The van der Waals surface area contributed by atoms with Gasteiger partial charge in [0.05, 0.1) is 24.2 Å². The number of hydrogen-bond acceptors (Lipinski definition) is 5. The molecule has 7 heteroatoms. The van der Waals surface area contributed by atoms with Crippen LogP contribution < -0.4 is 10.7 Å². The van der Waals surface area contributed by atoms with Crippen molar-refractivity contribution in [1.29, 1.82) is 10.5 Å². The zero-order chi connectivity index (χ0) is 17.2. The molecule has 1 saturated carbocycles. The molecule has 122 valence electrons. The zero-order valence-corrected chi connectivity index (χ0v) is 14.7. The van der Waals surface area contributed by atoms with Gasteiger partial charge < -0.3 is 4.74 Å². The van der Waals surface area contributed by atoms with Gasteiger partial charge in [-0.3, -0.25) is 5.73 Å². The molecular weight excluding hydrogens is 344 g/mol. The van der Waals surface area contributed by atoms with Crippen molar-refractivity contribution in [3.8, 4) is 12.1 Å². The van der Waals surface area contributed by atoms with E-state index in [1.807, 2.05) is 19.1 Å². The lowest BCUT2D eigenvalue weighted by Crippen LogP contribution is -2.88. The van der Waals surface area contributed by atoms with Gasteiger partial charge in [0.25, 0.3) is 10.9 Å². The number of rotatable bonds is 2. The Kier molecular flexibility index (Phi) is 3.07. The average molecular weight is 360 g/mol. The van der Waals surface area contributed by atoms with Crippen molar-refractivity contribution in [3.63, 3.8) is 0 Å². The Morgan fingerprint density at radius 2 is 2.04 bits per heavy atom. The summed E-state index contributed by atoms with van der Waals surface area (Å²) in [6, 6.07) is 12.2. The highest BCUT2D eigenvalue weighted by Crippen LogP contribution is 2.85. The first-order valence-corrected chi connectivity index (χ1v) is 9.16. The third kappa shape index (κ3) is 1.26. The summed E-state index contributed by atoms with van der Waals surface area (Å²) in [5.41, 5.74) is 4.30. The monoisotopic (exact) mass is 359 g/mol. The van der Waals surface area contributed by atoms with Crippen molar-refractivity contribution in [2.75, 3.05) is 12.4 Å². The third-order valence-electron chi connectivity index (χ3n) is 5.87. The largest absolute Gasteiger partial charge is 0.327 e. The molecule has 0 bridgehead atoms. The van der Waals surface area contributed by atoms with E-state index in [1.165, 1.54) is 11.8 Å². The summed E-state index contributed by atoms with van der Waals surface area (Å²) in [7, 11) is 0. The second kappa shape index (κ2) is 4.67. The Hall–Kier alpha value is -1.73. The SMILES string of the molecule is CC[C@]1(c2ccc(Cl)cc2)[C@]2(C#N)C(N)=[NH+][C@@]3(OCCS3)[C@@]21C#N. The maximum Gasteiger partial charge on any atom is 0.278 e. The highest BCUT2D eigenvalue weighted by molar-refractivity contribution is 8.00. The van der Waals surface area contributed by atoms with E-state index in [-0.39, 0.29) is 0 Å². The molecule has 0 amide bonds. The Bertz CT molecular complexity index is 836. The predicted octanol–water partition coefficient (Wildman–Crippen LogP) is 0.890. The Morgan fingerprint density at radius 3 is 2.54 bits per heavy atom. The molecule has 0 radical (unpaired) electrons. The number of amidine groups is 1. The van der Waals surface area contributed by atoms with Crippen molar-refractivity contribution in [2.45, 2.75) is 23.8 Å². The summed E-state index contributed by atoms with van der Waals surface area (Å²) in [6.45, 7) is 2.52. The molecule has 1 saturated heterocycles. The average Bonchev–Trinajstić information content (AvgIpc) is 2.81. The van der Waals surface area contributed by atoms with Crippen LogP contribution in [0, 0.1) is 33.5 Å². The first kappa shape index (κ1) is 15.8. The summed E-state index contributed by atoms with van der Waals surface area (Å²) < 4.78 is 6.00. The van der Waals surface area contributed by atoms with E-state index in [0.29, 0.717) is 23.9 Å². The van der Waals surface area contributed by atoms with Gasteiger partial charge in [0.1, 0.15) is 0 Å². The number of benzene rings is 1. The highest BCUT2D eigenvalue weighted by Gasteiger charge is 3.03. The molecule has 0 aromatic heterocycles. The van der Waals surface area contributed by atoms with E-state index in [4.69, 9.17) is 22.1 Å². The van der Waals surface area contributed by atoms with Gasteiger partial charge in [-0.2, -0.15) is 10.5 Å². The standard InChI is InChI=1S/C17H15ClN4OS/c1-2-14(11-3-5-12(18)6-4-11)15(9-19)13(21)22-17(16(14,15)10-20)23-7-8-24-17/h3-6H,2,7-8H2,1H3,(H2,21,22)/p+1/t14-,15-,16+,17+/m0/s1. The van der Waals surface area contributed by atoms with Crippen molar-refractivity contribution < 1.29 is 9.73 Å². The molecule has 1 aliphatic carbocycles. The molecule has 3 N–H and O–H groups in total. The minimum atomic E-state index is -1.12. The van der Waals surface area contributed by atoms with Crippen LogP contribution >= 0.6 is 23.4 Å². The van der Waals surface area contributed by atoms with E-state index in [0.717, 1.165) is 11.3 Å². The first-order chi connectivity index (χ1) is 11.5. The fraction of sp³-hybridized carbons (Fsp3) is 0.471. The summed E-state index contributed by atoms with van der Waals surface area (Å²) >= 11 is 7.56. The van der Waals surface area contributed by atoms with E-state index < -0.39 is 21.3 Å². The number of nitrogens with two attached hydrogens (primary N) is 1. The molecule has 2 fully saturated rings. The second-order valence-corrected chi connectivity index (χ2v) is 8.05. The number of fused-ring (bicyclic) bond motifs is 2. The van der Waals surface area contributed by atoms with Crippen LogP contribution in [-0.2, 0) is 10.2 Å². The van der Waals surface area contributed by atoms with Gasteiger partial charge >= 0.3 is 0 Å². The molecule has 4 rings (SSSR count). The molecule has 1 aromatic carbocycles. The van der Waals surface area contributed by atoms with Gasteiger partial charge in [0, 0.05) is 10.8 Å². The number of nitrogens with one attached hydrogen (secondary N) is 1. The van der Waals surface area contributed by atoms with Crippen molar-refractivity contribution in [3.05, 3.63) is 34.9 Å². The molecule has 2 heterocycles. The van der Waals surface area contributed by atoms with Crippen LogP contribution in [0.5, 0.6) is 0 Å². The van der Waals surface area contributed by atoms with Gasteiger partial charge in [-0.1, -0.05) is 42.4 Å². The Morgan fingerprint density at radius 1 is 1.33 bits per heavy atom. The smallest absolute Gasteiger partial charge is 0.278 e. The molecule has 24 heavy (non-hydrogen) atoms. The summed E-state index contributed by atoms with van der Waals surface area (Å²) in [6.07, 6.45) is 0.601. The van der Waals surface area contributed by atoms with Crippen LogP contribution in [0.1, 0.15) is 18.9 Å². The predicted molar refractivity (Wildman–Crippen MR) is 90.8 cm³/mol. The van der Waals surface area contributed by atoms with Crippen molar-refractivity contribution in [2.24, 2.45) is 16.6 Å².